The Morgan fingerprint density at radius 2 is 1.69 bits per heavy atom. The van der Waals surface area contributed by atoms with Crippen LogP contribution < -0.4 is 0 Å². The summed E-state index contributed by atoms with van der Waals surface area (Å²) in [6.07, 6.45) is 2.18. The van der Waals surface area contributed by atoms with E-state index in [1.165, 1.54) is 22.4 Å². The molecular weight excluding hydrogens is 354 g/mol. The van der Waals surface area contributed by atoms with E-state index < -0.39 is 0 Å². The third-order valence-electron chi connectivity index (χ3n) is 5.73. The minimum absolute atomic E-state index is 0.452. The molecule has 0 saturated carbocycles. The van der Waals surface area contributed by atoms with Crippen LogP contribution in [0.2, 0.25) is 0 Å². The lowest BCUT2D eigenvalue weighted by molar-refractivity contribution is 0.148. The maximum atomic E-state index is 9.05. The van der Waals surface area contributed by atoms with Gasteiger partial charge in [0, 0.05) is 37.6 Å². The van der Waals surface area contributed by atoms with Gasteiger partial charge >= 0.3 is 0 Å². The fraction of sp³-hybridized carbons (Fsp3) is 0.346. The van der Waals surface area contributed by atoms with E-state index in [1.54, 1.807) is 0 Å². The first-order chi connectivity index (χ1) is 14.0. The summed E-state index contributed by atoms with van der Waals surface area (Å²) in [5, 5.41) is 9.05. The summed E-state index contributed by atoms with van der Waals surface area (Å²) >= 11 is 0. The number of benzene rings is 2. The van der Waals surface area contributed by atoms with Gasteiger partial charge < -0.3 is 4.57 Å². The van der Waals surface area contributed by atoms with Gasteiger partial charge in [0.1, 0.15) is 0 Å². The zero-order valence-corrected chi connectivity index (χ0v) is 18.0. The molecule has 3 aromatic rings. The molecule has 0 aliphatic rings. The minimum atomic E-state index is 0.452. The monoisotopic (exact) mass is 385 g/mol. The van der Waals surface area contributed by atoms with Crippen molar-refractivity contribution in [2.45, 2.75) is 53.4 Å². The molecule has 3 heteroatoms. The third-order valence-corrected chi connectivity index (χ3v) is 5.73. The van der Waals surface area contributed by atoms with Gasteiger partial charge in [-0.1, -0.05) is 55.8 Å². The van der Waals surface area contributed by atoms with Crippen molar-refractivity contribution in [2.24, 2.45) is 5.92 Å². The van der Waals surface area contributed by atoms with Crippen LogP contribution in [-0.2, 0) is 19.6 Å². The number of nitrogens with zero attached hydrogens (tertiary/aromatic N) is 3. The normalized spacial score (nSPS) is 12.3. The third kappa shape index (κ3) is 5.59. The second kappa shape index (κ2) is 9.58. The Kier molecular flexibility index (Phi) is 6.90. The zero-order valence-electron chi connectivity index (χ0n) is 18.0. The van der Waals surface area contributed by atoms with E-state index >= 15 is 0 Å². The van der Waals surface area contributed by atoms with Crippen LogP contribution >= 0.6 is 0 Å². The molecule has 1 aromatic heterocycles. The average Bonchev–Trinajstić information content (AvgIpc) is 3.14. The summed E-state index contributed by atoms with van der Waals surface area (Å²) in [4.78, 5) is 2.54. The maximum absolute atomic E-state index is 9.05. The molecule has 0 aliphatic carbocycles. The molecule has 0 amide bonds. The fourth-order valence-electron chi connectivity index (χ4n) is 3.65. The number of hydrogen-bond acceptors (Lipinski definition) is 2. The molecule has 0 aliphatic heterocycles. The SMILES string of the molecule is Cc1cccc(Cn2cccc2CN(Cc2ccc(C#N)cc2)C(C)C(C)C)c1. The summed E-state index contributed by atoms with van der Waals surface area (Å²) in [6.45, 7) is 11.7. The predicted octanol–water partition coefficient (Wildman–Crippen LogP) is 5.76. The predicted molar refractivity (Wildman–Crippen MR) is 119 cm³/mol. The van der Waals surface area contributed by atoms with Gasteiger partial charge in [-0.3, -0.25) is 4.90 Å². The molecule has 1 heterocycles. The van der Waals surface area contributed by atoms with Gasteiger partial charge in [-0.05, 0) is 55.2 Å². The Morgan fingerprint density at radius 1 is 0.931 bits per heavy atom. The van der Waals surface area contributed by atoms with Crippen molar-refractivity contribution < 1.29 is 0 Å². The van der Waals surface area contributed by atoms with Crippen LogP contribution in [0.1, 0.15) is 48.7 Å². The van der Waals surface area contributed by atoms with Crippen molar-refractivity contribution in [3.63, 3.8) is 0 Å². The lowest BCUT2D eigenvalue weighted by atomic mass is 10.0. The van der Waals surface area contributed by atoms with E-state index in [4.69, 9.17) is 5.26 Å². The van der Waals surface area contributed by atoms with Gasteiger partial charge in [0.2, 0.25) is 0 Å². The topological polar surface area (TPSA) is 32.0 Å². The first kappa shape index (κ1) is 20.9. The average molecular weight is 386 g/mol. The minimum Gasteiger partial charge on any atom is -0.346 e. The van der Waals surface area contributed by atoms with Gasteiger partial charge in [0.05, 0.1) is 11.6 Å². The summed E-state index contributed by atoms with van der Waals surface area (Å²) < 4.78 is 2.35. The molecule has 0 saturated heterocycles. The van der Waals surface area contributed by atoms with Gasteiger partial charge in [0.15, 0.2) is 0 Å². The smallest absolute Gasteiger partial charge is 0.0991 e. The number of nitriles is 1. The Labute approximate surface area is 175 Å². The van der Waals surface area contributed by atoms with Gasteiger partial charge in [-0.2, -0.15) is 5.26 Å². The highest BCUT2D eigenvalue weighted by atomic mass is 15.2. The van der Waals surface area contributed by atoms with Crippen LogP contribution in [0.25, 0.3) is 0 Å². The number of aryl methyl sites for hydroxylation is 1. The van der Waals surface area contributed by atoms with E-state index in [9.17, 15) is 0 Å². The van der Waals surface area contributed by atoms with Crippen molar-refractivity contribution in [2.75, 3.05) is 0 Å². The van der Waals surface area contributed by atoms with Gasteiger partial charge in [-0.15, -0.1) is 0 Å². The Hall–Kier alpha value is -2.83. The van der Waals surface area contributed by atoms with Crippen LogP contribution in [0.4, 0.5) is 0 Å². The maximum Gasteiger partial charge on any atom is 0.0991 e. The highest BCUT2D eigenvalue weighted by Crippen LogP contribution is 2.20. The first-order valence-electron chi connectivity index (χ1n) is 10.4. The molecule has 1 atom stereocenters. The Morgan fingerprint density at radius 3 is 2.34 bits per heavy atom. The molecule has 3 rings (SSSR count). The summed E-state index contributed by atoms with van der Waals surface area (Å²) in [5.74, 6) is 0.563. The molecule has 150 valence electrons. The molecule has 3 nitrogen and oxygen atoms in total. The molecule has 29 heavy (non-hydrogen) atoms. The van der Waals surface area contributed by atoms with Gasteiger partial charge in [-0.25, -0.2) is 0 Å². The number of rotatable bonds is 8. The van der Waals surface area contributed by atoms with Crippen LogP contribution in [0.3, 0.4) is 0 Å². The Bertz CT molecular complexity index is 960. The fourth-order valence-corrected chi connectivity index (χ4v) is 3.65. The van der Waals surface area contributed by atoms with E-state index in [1.807, 2.05) is 12.1 Å². The highest BCUT2D eigenvalue weighted by Gasteiger charge is 2.19. The molecule has 0 radical (unpaired) electrons. The van der Waals surface area contributed by atoms with Crippen molar-refractivity contribution in [1.82, 2.24) is 9.47 Å². The lowest BCUT2D eigenvalue weighted by Gasteiger charge is -2.32. The second-order valence-corrected chi connectivity index (χ2v) is 8.31. The van der Waals surface area contributed by atoms with Gasteiger partial charge in [0.25, 0.3) is 0 Å². The van der Waals surface area contributed by atoms with Crippen LogP contribution in [-0.4, -0.2) is 15.5 Å². The van der Waals surface area contributed by atoms with Crippen molar-refractivity contribution in [3.8, 4) is 6.07 Å². The van der Waals surface area contributed by atoms with Crippen molar-refractivity contribution in [3.05, 3.63) is 94.8 Å². The van der Waals surface area contributed by atoms with Crippen LogP contribution in [0, 0.1) is 24.2 Å². The quantitative estimate of drug-likeness (QED) is 0.493. The first-order valence-corrected chi connectivity index (χ1v) is 10.4. The standard InChI is InChI=1S/C26H31N3/c1-20(2)22(4)29(17-24-12-10-23(16-27)11-13-24)19-26-9-6-14-28(26)18-25-8-5-7-21(3)15-25/h5-15,20,22H,17-19H2,1-4H3. The highest BCUT2D eigenvalue weighted by molar-refractivity contribution is 5.31. The number of hydrogen-bond donors (Lipinski definition) is 0. The lowest BCUT2D eigenvalue weighted by Crippen LogP contribution is -2.36. The molecule has 0 spiro atoms. The van der Waals surface area contributed by atoms with Crippen LogP contribution in [0.15, 0.2) is 66.9 Å². The molecule has 0 N–H and O–H groups in total. The van der Waals surface area contributed by atoms with Crippen molar-refractivity contribution in [1.29, 1.82) is 5.26 Å². The van der Waals surface area contributed by atoms with E-state index in [-0.39, 0.29) is 0 Å². The summed E-state index contributed by atoms with van der Waals surface area (Å²) in [5.41, 5.74) is 5.91. The number of aromatic nitrogens is 1. The molecule has 0 fully saturated rings. The Balaban J connectivity index is 1.79. The summed E-state index contributed by atoms with van der Waals surface area (Å²) in [6, 6.07) is 23.7. The largest absolute Gasteiger partial charge is 0.346 e. The second-order valence-electron chi connectivity index (χ2n) is 8.31. The van der Waals surface area contributed by atoms with Crippen LogP contribution in [0.5, 0.6) is 0 Å². The van der Waals surface area contributed by atoms with E-state index in [0.717, 1.165) is 19.6 Å². The zero-order chi connectivity index (χ0) is 20.8. The molecule has 1 unspecified atom stereocenters. The molecule has 0 bridgehead atoms. The van der Waals surface area contributed by atoms with E-state index in [2.05, 4.69) is 98.0 Å². The van der Waals surface area contributed by atoms with Crippen molar-refractivity contribution >= 4 is 0 Å². The molecule has 2 aromatic carbocycles. The molecular formula is C26H31N3. The summed E-state index contributed by atoms with van der Waals surface area (Å²) in [7, 11) is 0. The van der Waals surface area contributed by atoms with E-state index in [0.29, 0.717) is 17.5 Å².